The van der Waals surface area contributed by atoms with E-state index < -0.39 is 0 Å². The first kappa shape index (κ1) is 20.5. The number of nitrogens with zero attached hydrogens (tertiary/aromatic N) is 1. The Morgan fingerprint density at radius 2 is 1.83 bits per heavy atom. The van der Waals surface area contributed by atoms with Gasteiger partial charge in [0, 0.05) is 19.1 Å². The summed E-state index contributed by atoms with van der Waals surface area (Å²) in [5, 5.41) is 9.51. The molecular formula is C17H33IN4O. The van der Waals surface area contributed by atoms with Gasteiger partial charge in [0.05, 0.1) is 6.54 Å². The van der Waals surface area contributed by atoms with Crippen LogP contribution in [0.3, 0.4) is 0 Å². The van der Waals surface area contributed by atoms with Gasteiger partial charge in [0.25, 0.3) is 0 Å². The molecule has 3 atom stereocenters. The van der Waals surface area contributed by atoms with Crippen molar-refractivity contribution in [1.82, 2.24) is 16.0 Å². The van der Waals surface area contributed by atoms with Crippen molar-refractivity contribution < 1.29 is 4.79 Å². The van der Waals surface area contributed by atoms with Gasteiger partial charge < -0.3 is 16.0 Å². The van der Waals surface area contributed by atoms with Crippen LogP contribution in [0.4, 0.5) is 0 Å². The summed E-state index contributed by atoms with van der Waals surface area (Å²) in [5.41, 5.74) is 0. The molecule has 0 aromatic rings. The molecule has 0 heterocycles. The number of hydrogen-bond acceptors (Lipinski definition) is 2. The third kappa shape index (κ3) is 6.85. The van der Waals surface area contributed by atoms with Gasteiger partial charge in [-0.3, -0.25) is 9.79 Å². The molecular weight excluding hydrogens is 403 g/mol. The second-order valence-electron chi connectivity index (χ2n) is 7.11. The van der Waals surface area contributed by atoms with Crippen LogP contribution in [0.5, 0.6) is 0 Å². The summed E-state index contributed by atoms with van der Waals surface area (Å²) in [6, 6.07) is 0.671. The van der Waals surface area contributed by atoms with Crippen molar-refractivity contribution >= 4 is 35.8 Å². The van der Waals surface area contributed by atoms with Crippen molar-refractivity contribution in [3.63, 3.8) is 0 Å². The molecule has 3 N–H and O–H groups in total. The molecule has 0 aromatic heterocycles. The highest BCUT2D eigenvalue weighted by molar-refractivity contribution is 14.0. The van der Waals surface area contributed by atoms with Crippen LogP contribution in [-0.2, 0) is 4.79 Å². The van der Waals surface area contributed by atoms with E-state index >= 15 is 0 Å². The predicted octanol–water partition coefficient (Wildman–Crippen LogP) is 2.65. The van der Waals surface area contributed by atoms with Crippen molar-refractivity contribution in [2.45, 2.75) is 70.9 Å². The van der Waals surface area contributed by atoms with Gasteiger partial charge >= 0.3 is 0 Å². The van der Waals surface area contributed by atoms with E-state index in [4.69, 9.17) is 0 Å². The number of fused-ring (bicyclic) bond motifs is 1. The first-order valence-electron chi connectivity index (χ1n) is 8.85. The number of aliphatic imine (C=N–C) groups is 1. The average molecular weight is 436 g/mol. The van der Waals surface area contributed by atoms with Gasteiger partial charge in [0.1, 0.15) is 0 Å². The number of carbonyl (C=O) groups excluding carboxylic acids is 1. The quantitative estimate of drug-likeness (QED) is 0.361. The Balaban J connectivity index is 0.00000264. The minimum Gasteiger partial charge on any atom is -0.354 e. The summed E-state index contributed by atoms with van der Waals surface area (Å²) in [4.78, 5) is 15.9. The molecule has 0 aliphatic heterocycles. The van der Waals surface area contributed by atoms with Crippen LogP contribution in [-0.4, -0.2) is 37.5 Å². The lowest BCUT2D eigenvalue weighted by Gasteiger charge is -2.39. The Morgan fingerprint density at radius 3 is 2.48 bits per heavy atom. The van der Waals surface area contributed by atoms with E-state index in [0.717, 1.165) is 17.8 Å². The molecule has 2 rings (SSSR count). The summed E-state index contributed by atoms with van der Waals surface area (Å²) in [6.07, 6.45) is 9.46. The van der Waals surface area contributed by atoms with Crippen LogP contribution in [0.2, 0.25) is 0 Å². The van der Waals surface area contributed by atoms with Crippen LogP contribution >= 0.6 is 24.0 Å². The van der Waals surface area contributed by atoms with Gasteiger partial charge in [-0.1, -0.05) is 25.7 Å². The molecule has 1 amide bonds. The predicted molar refractivity (Wildman–Crippen MR) is 106 cm³/mol. The van der Waals surface area contributed by atoms with E-state index in [-0.39, 0.29) is 42.5 Å². The van der Waals surface area contributed by atoms with Crippen LogP contribution in [0.15, 0.2) is 4.99 Å². The number of carbonyl (C=O) groups is 1. The first-order chi connectivity index (χ1) is 10.6. The average Bonchev–Trinajstić information content (AvgIpc) is 2.50. The zero-order valence-corrected chi connectivity index (χ0v) is 17.1. The van der Waals surface area contributed by atoms with Gasteiger partial charge in [-0.15, -0.1) is 24.0 Å². The molecule has 23 heavy (non-hydrogen) atoms. The van der Waals surface area contributed by atoms with E-state index in [1.807, 2.05) is 13.8 Å². The zero-order chi connectivity index (χ0) is 15.9. The summed E-state index contributed by atoms with van der Waals surface area (Å²) < 4.78 is 0. The van der Waals surface area contributed by atoms with Crippen molar-refractivity contribution in [1.29, 1.82) is 0 Å². The van der Waals surface area contributed by atoms with Crippen LogP contribution < -0.4 is 16.0 Å². The number of guanidine groups is 1. The molecule has 0 bridgehead atoms. The fourth-order valence-corrected chi connectivity index (χ4v) is 3.93. The standard InChI is InChI=1S/C17H32N4O.HI/c1-12(2)20-16(22)11-19-17(18-3)21-15-9-8-13-6-4-5-7-14(13)10-15;/h12-15H,4-11H2,1-3H3,(H,20,22)(H2,18,19,21);1H. The van der Waals surface area contributed by atoms with E-state index in [2.05, 4.69) is 20.9 Å². The second-order valence-corrected chi connectivity index (χ2v) is 7.11. The molecule has 0 radical (unpaired) electrons. The summed E-state index contributed by atoms with van der Waals surface area (Å²) in [5.74, 6) is 2.60. The molecule has 2 saturated carbocycles. The van der Waals surface area contributed by atoms with Crippen molar-refractivity contribution in [2.75, 3.05) is 13.6 Å². The second kappa shape index (κ2) is 10.4. The summed E-state index contributed by atoms with van der Waals surface area (Å²) in [6.45, 7) is 4.21. The maximum absolute atomic E-state index is 11.7. The highest BCUT2D eigenvalue weighted by Crippen LogP contribution is 2.40. The molecule has 2 fully saturated rings. The molecule has 3 unspecified atom stereocenters. The lowest BCUT2D eigenvalue weighted by molar-refractivity contribution is -0.120. The summed E-state index contributed by atoms with van der Waals surface area (Å²) in [7, 11) is 1.77. The molecule has 5 nitrogen and oxygen atoms in total. The van der Waals surface area contributed by atoms with Gasteiger partial charge in [-0.05, 0) is 44.9 Å². The maximum atomic E-state index is 11.7. The molecule has 2 aliphatic carbocycles. The van der Waals surface area contributed by atoms with Crippen LogP contribution in [0, 0.1) is 11.8 Å². The SMILES string of the molecule is CN=C(NCC(=O)NC(C)C)NC1CCC2CCCCC2C1.I. The Morgan fingerprint density at radius 1 is 1.13 bits per heavy atom. The van der Waals surface area contributed by atoms with Gasteiger partial charge in [-0.2, -0.15) is 0 Å². The van der Waals surface area contributed by atoms with E-state index in [9.17, 15) is 4.79 Å². The minimum absolute atomic E-state index is 0. The van der Waals surface area contributed by atoms with E-state index in [1.165, 1.54) is 44.9 Å². The molecule has 2 aliphatic rings. The number of rotatable bonds is 4. The Kier molecular flexibility index (Phi) is 9.24. The van der Waals surface area contributed by atoms with Gasteiger partial charge in [0.2, 0.25) is 5.91 Å². The lowest BCUT2D eigenvalue weighted by atomic mass is 9.69. The zero-order valence-electron chi connectivity index (χ0n) is 14.7. The van der Waals surface area contributed by atoms with Gasteiger partial charge in [0.15, 0.2) is 5.96 Å². The van der Waals surface area contributed by atoms with E-state index in [1.54, 1.807) is 7.05 Å². The fraction of sp³-hybridized carbons (Fsp3) is 0.882. The molecule has 134 valence electrons. The number of hydrogen-bond donors (Lipinski definition) is 3. The fourth-order valence-electron chi connectivity index (χ4n) is 3.93. The largest absolute Gasteiger partial charge is 0.354 e. The third-order valence-electron chi connectivity index (χ3n) is 4.97. The lowest BCUT2D eigenvalue weighted by Crippen LogP contribution is -2.49. The van der Waals surface area contributed by atoms with Crippen LogP contribution in [0.1, 0.15) is 58.8 Å². The number of nitrogens with one attached hydrogen (secondary N) is 3. The number of halogens is 1. The smallest absolute Gasteiger partial charge is 0.239 e. The molecule has 0 aromatic carbocycles. The van der Waals surface area contributed by atoms with Gasteiger partial charge in [-0.25, -0.2) is 0 Å². The topological polar surface area (TPSA) is 65.5 Å². The molecule has 0 spiro atoms. The summed E-state index contributed by atoms with van der Waals surface area (Å²) >= 11 is 0. The highest BCUT2D eigenvalue weighted by atomic mass is 127. The highest BCUT2D eigenvalue weighted by Gasteiger charge is 2.32. The van der Waals surface area contributed by atoms with Crippen molar-refractivity contribution in [3.05, 3.63) is 0 Å². The van der Waals surface area contributed by atoms with Crippen LogP contribution in [0.25, 0.3) is 0 Å². The minimum atomic E-state index is 0. The Hall–Kier alpha value is -0.530. The van der Waals surface area contributed by atoms with Crippen molar-refractivity contribution in [3.8, 4) is 0 Å². The normalized spacial score (nSPS) is 27.7. The number of amides is 1. The Bertz CT molecular complexity index is 400. The van der Waals surface area contributed by atoms with E-state index in [0.29, 0.717) is 6.04 Å². The molecule has 6 heteroatoms. The third-order valence-corrected chi connectivity index (χ3v) is 4.97. The first-order valence-corrected chi connectivity index (χ1v) is 8.85. The molecule has 0 saturated heterocycles. The Labute approximate surface area is 157 Å². The van der Waals surface area contributed by atoms with Crippen molar-refractivity contribution in [2.24, 2.45) is 16.8 Å². The monoisotopic (exact) mass is 436 g/mol. The maximum Gasteiger partial charge on any atom is 0.239 e.